The van der Waals surface area contributed by atoms with Gasteiger partial charge in [0.15, 0.2) is 5.96 Å². The molecule has 2 rings (SSSR count). The van der Waals surface area contributed by atoms with Gasteiger partial charge in [-0.3, -0.25) is 14.6 Å². The summed E-state index contributed by atoms with van der Waals surface area (Å²) in [7, 11) is 5.98. The first-order valence-corrected chi connectivity index (χ1v) is 10.5. The second kappa shape index (κ2) is 12.0. The van der Waals surface area contributed by atoms with Crippen LogP contribution in [0.25, 0.3) is 0 Å². The van der Waals surface area contributed by atoms with E-state index in [2.05, 4.69) is 66.1 Å². The van der Waals surface area contributed by atoms with E-state index in [4.69, 9.17) is 0 Å². The largest absolute Gasteiger partial charge is 0.355 e. The van der Waals surface area contributed by atoms with Crippen LogP contribution in [0.5, 0.6) is 0 Å². The van der Waals surface area contributed by atoms with Crippen LogP contribution in [0.1, 0.15) is 64.1 Å². The molecule has 6 nitrogen and oxygen atoms in total. The van der Waals surface area contributed by atoms with E-state index in [1.54, 1.807) is 0 Å². The molecule has 0 spiro atoms. The number of nitrogens with one attached hydrogen (secondary N) is 1. The molecule has 1 unspecified atom stereocenters. The second-order valence-corrected chi connectivity index (χ2v) is 8.68. The van der Waals surface area contributed by atoms with Crippen LogP contribution in [-0.2, 0) is 13.6 Å². The maximum Gasteiger partial charge on any atom is 0.193 e. The second-order valence-electron chi connectivity index (χ2n) is 8.68. The van der Waals surface area contributed by atoms with Crippen LogP contribution in [0.15, 0.2) is 11.2 Å². The highest BCUT2D eigenvalue weighted by Gasteiger charge is 2.23. The topological polar surface area (TPSA) is 48.7 Å². The molecular formula is C21H41IN6. The monoisotopic (exact) mass is 504 g/mol. The molecule has 7 heteroatoms. The van der Waals surface area contributed by atoms with E-state index in [-0.39, 0.29) is 24.0 Å². The minimum Gasteiger partial charge on any atom is -0.355 e. The first kappa shape index (κ1) is 25.2. The number of aliphatic imine (C=N–C) groups is 1. The van der Waals surface area contributed by atoms with Gasteiger partial charge < -0.3 is 10.2 Å². The fraction of sp³-hybridized carbons (Fsp3) is 0.810. The van der Waals surface area contributed by atoms with Gasteiger partial charge in [-0.05, 0) is 44.2 Å². The lowest BCUT2D eigenvalue weighted by Gasteiger charge is -2.31. The summed E-state index contributed by atoms with van der Waals surface area (Å²) in [5.41, 5.74) is 2.45. The normalized spacial score (nSPS) is 16.5. The molecule has 0 bridgehead atoms. The Balaban J connectivity index is 0.00000392. The van der Waals surface area contributed by atoms with Crippen molar-refractivity contribution in [3.05, 3.63) is 17.5 Å². The number of guanidine groups is 1. The van der Waals surface area contributed by atoms with Crippen molar-refractivity contribution in [3.8, 4) is 0 Å². The Labute approximate surface area is 189 Å². The van der Waals surface area contributed by atoms with Gasteiger partial charge in [0.1, 0.15) is 0 Å². The molecule has 0 saturated carbocycles. The molecule has 28 heavy (non-hydrogen) atoms. The predicted octanol–water partition coefficient (Wildman–Crippen LogP) is 3.68. The van der Waals surface area contributed by atoms with E-state index in [1.165, 1.54) is 43.6 Å². The third kappa shape index (κ3) is 7.21. The Morgan fingerprint density at radius 2 is 1.89 bits per heavy atom. The van der Waals surface area contributed by atoms with Crippen LogP contribution in [0.3, 0.4) is 0 Å². The summed E-state index contributed by atoms with van der Waals surface area (Å²) >= 11 is 0. The Bertz CT molecular complexity index is 604. The van der Waals surface area contributed by atoms with Crippen LogP contribution in [0.2, 0.25) is 0 Å². The molecule has 1 aromatic heterocycles. The average Bonchev–Trinajstić information content (AvgIpc) is 3.23. The Morgan fingerprint density at radius 1 is 1.25 bits per heavy atom. The third-order valence-corrected chi connectivity index (χ3v) is 5.36. The molecule has 1 fully saturated rings. The Morgan fingerprint density at radius 3 is 2.43 bits per heavy atom. The van der Waals surface area contributed by atoms with Crippen LogP contribution in [0.4, 0.5) is 0 Å². The highest BCUT2D eigenvalue weighted by Crippen LogP contribution is 2.19. The van der Waals surface area contributed by atoms with Gasteiger partial charge >= 0.3 is 0 Å². The van der Waals surface area contributed by atoms with Gasteiger partial charge in [0.25, 0.3) is 0 Å². The van der Waals surface area contributed by atoms with Gasteiger partial charge in [0.05, 0.1) is 5.69 Å². The van der Waals surface area contributed by atoms with Gasteiger partial charge in [-0.2, -0.15) is 5.10 Å². The van der Waals surface area contributed by atoms with Crippen LogP contribution in [0, 0.1) is 5.92 Å². The predicted molar refractivity (Wildman–Crippen MR) is 130 cm³/mol. The number of nitrogens with zero attached hydrogens (tertiary/aromatic N) is 5. The quantitative estimate of drug-likeness (QED) is 0.334. The minimum absolute atomic E-state index is 0. The average molecular weight is 505 g/mol. The van der Waals surface area contributed by atoms with E-state index in [0.717, 1.165) is 19.0 Å². The van der Waals surface area contributed by atoms with E-state index in [9.17, 15) is 0 Å². The van der Waals surface area contributed by atoms with Crippen molar-refractivity contribution in [3.63, 3.8) is 0 Å². The molecular weight excluding hydrogens is 463 g/mol. The summed E-state index contributed by atoms with van der Waals surface area (Å²) in [6.45, 7) is 13.3. The lowest BCUT2D eigenvalue weighted by molar-refractivity contribution is 0.211. The SMILES string of the molecule is CN=C(NCC(CC(C)C)N1CCCC1)N(C)Cc1cn(C)nc1C(C)C.I. The van der Waals surface area contributed by atoms with Crippen LogP contribution in [-0.4, -0.2) is 65.3 Å². The van der Waals surface area contributed by atoms with Crippen molar-refractivity contribution in [2.45, 2.75) is 65.5 Å². The third-order valence-electron chi connectivity index (χ3n) is 5.36. The molecule has 162 valence electrons. The molecule has 1 atom stereocenters. The Hall–Kier alpha value is -0.830. The number of aromatic nitrogens is 2. The van der Waals surface area contributed by atoms with Crippen molar-refractivity contribution < 1.29 is 0 Å². The fourth-order valence-corrected chi connectivity index (χ4v) is 4.10. The van der Waals surface area contributed by atoms with Crippen LogP contribution >= 0.6 is 24.0 Å². The van der Waals surface area contributed by atoms with Crippen molar-refractivity contribution in [2.24, 2.45) is 18.0 Å². The molecule has 1 aromatic rings. The maximum absolute atomic E-state index is 4.63. The zero-order valence-corrected chi connectivity index (χ0v) is 21.2. The summed E-state index contributed by atoms with van der Waals surface area (Å²) < 4.78 is 1.92. The summed E-state index contributed by atoms with van der Waals surface area (Å²) in [4.78, 5) is 9.39. The molecule has 1 N–H and O–H groups in total. The number of hydrogen-bond donors (Lipinski definition) is 1. The van der Waals surface area contributed by atoms with Crippen molar-refractivity contribution in [2.75, 3.05) is 33.7 Å². The van der Waals surface area contributed by atoms with E-state index >= 15 is 0 Å². The number of hydrogen-bond acceptors (Lipinski definition) is 3. The molecule has 1 aliphatic rings. The number of aryl methyl sites for hydroxylation is 1. The summed E-state index contributed by atoms with van der Waals surface area (Å²) in [6.07, 6.45) is 6.03. The Kier molecular flexibility index (Phi) is 10.8. The number of rotatable bonds is 8. The molecule has 0 aromatic carbocycles. The van der Waals surface area contributed by atoms with E-state index < -0.39 is 0 Å². The van der Waals surface area contributed by atoms with Crippen molar-refractivity contribution >= 4 is 29.9 Å². The summed E-state index contributed by atoms with van der Waals surface area (Å²) in [6, 6.07) is 0.585. The highest BCUT2D eigenvalue weighted by atomic mass is 127. The van der Waals surface area contributed by atoms with E-state index in [1.807, 2.05) is 18.8 Å². The standard InChI is InChI=1S/C21H40N6.HI/c1-16(2)12-19(27-10-8-9-11-27)13-23-21(22-5)25(6)14-18-15-26(7)24-20(18)17(3)4;/h15-17,19H,8-14H2,1-7H3,(H,22,23);1H. The minimum atomic E-state index is 0. The van der Waals surface area contributed by atoms with E-state index in [0.29, 0.717) is 17.9 Å². The van der Waals surface area contributed by atoms with Gasteiger partial charge in [0.2, 0.25) is 0 Å². The van der Waals surface area contributed by atoms with Gasteiger partial charge in [-0.1, -0.05) is 27.7 Å². The van der Waals surface area contributed by atoms with Gasteiger partial charge in [0, 0.05) is 52.0 Å². The molecule has 0 amide bonds. The molecule has 0 aliphatic carbocycles. The molecule has 0 radical (unpaired) electrons. The maximum atomic E-state index is 4.63. The van der Waals surface area contributed by atoms with Crippen molar-refractivity contribution in [1.82, 2.24) is 24.9 Å². The smallest absolute Gasteiger partial charge is 0.193 e. The number of halogens is 1. The molecule has 1 aliphatic heterocycles. The fourth-order valence-electron chi connectivity index (χ4n) is 4.10. The zero-order valence-electron chi connectivity index (χ0n) is 18.9. The van der Waals surface area contributed by atoms with Crippen LogP contribution < -0.4 is 5.32 Å². The highest BCUT2D eigenvalue weighted by molar-refractivity contribution is 14.0. The molecule has 2 heterocycles. The molecule has 1 saturated heterocycles. The lowest BCUT2D eigenvalue weighted by atomic mass is 10.0. The first-order valence-electron chi connectivity index (χ1n) is 10.5. The lowest BCUT2D eigenvalue weighted by Crippen LogP contribution is -2.47. The first-order chi connectivity index (χ1) is 12.8. The summed E-state index contributed by atoms with van der Waals surface area (Å²) in [5, 5.41) is 8.26. The number of likely N-dealkylation sites (tertiary alicyclic amines) is 1. The summed E-state index contributed by atoms with van der Waals surface area (Å²) in [5.74, 6) is 2.10. The zero-order chi connectivity index (χ0) is 20.0. The van der Waals surface area contributed by atoms with Gasteiger partial charge in [-0.15, -0.1) is 24.0 Å². The van der Waals surface area contributed by atoms with Crippen molar-refractivity contribution in [1.29, 1.82) is 0 Å². The van der Waals surface area contributed by atoms with Gasteiger partial charge in [-0.25, -0.2) is 0 Å².